The Bertz CT molecular complexity index is 962. The summed E-state index contributed by atoms with van der Waals surface area (Å²) in [4.78, 5) is 37.3. The predicted octanol–water partition coefficient (Wildman–Crippen LogP) is 0.719. The molecule has 0 spiro atoms. The Kier molecular flexibility index (Phi) is 4.04. The molecule has 3 rings (SSSR count). The quantitative estimate of drug-likeness (QED) is 0.772. The van der Waals surface area contributed by atoms with Gasteiger partial charge in [-0.25, -0.2) is 4.79 Å². The van der Waals surface area contributed by atoms with Crippen LogP contribution in [0.15, 0.2) is 33.9 Å². The summed E-state index contributed by atoms with van der Waals surface area (Å²) in [6.45, 7) is 0.0683. The molecule has 0 saturated carbocycles. The maximum atomic E-state index is 12.5. The van der Waals surface area contributed by atoms with Gasteiger partial charge in [0.2, 0.25) is 0 Å². The van der Waals surface area contributed by atoms with Gasteiger partial charge in [0.15, 0.2) is 5.78 Å². The number of benzene rings is 1. The Hall–Kier alpha value is -3.14. The van der Waals surface area contributed by atoms with Gasteiger partial charge in [0.1, 0.15) is 17.4 Å². The van der Waals surface area contributed by atoms with Crippen molar-refractivity contribution in [3.8, 4) is 11.8 Å². The van der Waals surface area contributed by atoms with E-state index in [-0.39, 0.29) is 17.9 Å². The van der Waals surface area contributed by atoms with E-state index >= 15 is 0 Å². The van der Waals surface area contributed by atoms with Crippen LogP contribution in [0.25, 0.3) is 0 Å². The molecular weight excluding hydrogens is 310 g/mol. The molecule has 0 fully saturated rings. The molecule has 0 unspecified atom stereocenters. The summed E-state index contributed by atoms with van der Waals surface area (Å²) >= 11 is 0. The first kappa shape index (κ1) is 15.7. The number of fused-ring (bicyclic) bond motifs is 1. The summed E-state index contributed by atoms with van der Waals surface area (Å²) < 4.78 is 7.30. The standard InChI is InChI=1S/C17H15N3O4/c1-24-12-6-4-11(5-7-12)15(21)10-20-16(22)13(9-18)14-3-2-8-19(14)17(20)23/h4-7H,2-3,8,10H2,1H3. The van der Waals surface area contributed by atoms with Gasteiger partial charge in [-0.05, 0) is 37.1 Å². The third-order valence-corrected chi connectivity index (χ3v) is 4.16. The van der Waals surface area contributed by atoms with Gasteiger partial charge < -0.3 is 4.74 Å². The van der Waals surface area contributed by atoms with E-state index in [4.69, 9.17) is 4.74 Å². The molecule has 7 nitrogen and oxygen atoms in total. The fourth-order valence-corrected chi connectivity index (χ4v) is 2.90. The van der Waals surface area contributed by atoms with Crippen molar-refractivity contribution in [1.29, 1.82) is 5.26 Å². The molecule has 1 aromatic heterocycles. The van der Waals surface area contributed by atoms with Gasteiger partial charge in [0.05, 0.1) is 13.7 Å². The Morgan fingerprint density at radius 3 is 2.62 bits per heavy atom. The molecule has 1 aliphatic heterocycles. The summed E-state index contributed by atoms with van der Waals surface area (Å²) in [6.07, 6.45) is 1.24. The molecule has 7 heteroatoms. The average molecular weight is 325 g/mol. The highest BCUT2D eigenvalue weighted by atomic mass is 16.5. The number of carbonyl (C=O) groups excluding carboxylic acids is 1. The van der Waals surface area contributed by atoms with E-state index in [1.54, 1.807) is 24.3 Å². The van der Waals surface area contributed by atoms with E-state index in [9.17, 15) is 19.6 Å². The highest BCUT2D eigenvalue weighted by molar-refractivity contribution is 5.96. The second-order valence-electron chi connectivity index (χ2n) is 5.51. The summed E-state index contributed by atoms with van der Waals surface area (Å²) in [6, 6.07) is 8.28. The van der Waals surface area contributed by atoms with Crippen molar-refractivity contribution in [3.05, 3.63) is 61.9 Å². The summed E-state index contributed by atoms with van der Waals surface area (Å²) in [5, 5.41) is 9.23. The highest BCUT2D eigenvalue weighted by Gasteiger charge is 2.23. The number of hydrogen-bond acceptors (Lipinski definition) is 5. The van der Waals surface area contributed by atoms with Gasteiger partial charge >= 0.3 is 5.69 Å². The first-order valence-electron chi connectivity index (χ1n) is 7.50. The van der Waals surface area contributed by atoms with E-state index < -0.39 is 11.2 Å². The van der Waals surface area contributed by atoms with E-state index in [1.165, 1.54) is 11.7 Å². The van der Waals surface area contributed by atoms with E-state index in [0.29, 0.717) is 36.4 Å². The van der Waals surface area contributed by atoms with Crippen LogP contribution in [0.2, 0.25) is 0 Å². The van der Waals surface area contributed by atoms with Gasteiger partial charge in [-0.3, -0.25) is 18.7 Å². The fraction of sp³-hybridized carbons (Fsp3) is 0.294. The summed E-state index contributed by atoms with van der Waals surface area (Å²) in [5.74, 6) is 0.229. The number of nitrogens with zero attached hydrogens (tertiary/aromatic N) is 3. The number of aromatic nitrogens is 2. The maximum absolute atomic E-state index is 12.5. The van der Waals surface area contributed by atoms with Gasteiger partial charge in [-0.15, -0.1) is 0 Å². The van der Waals surface area contributed by atoms with Crippen LogP contribution in [0, 0.1) is 11.3 Å². The normalized spacial score (nSPS) is 12.5. The Balaban J connectivity index is 2.01. The summed E-state index contributed by atoms with van der Waals surface area (Å²) in [5.41, 5.74) is -0.438. The number of ether oxygens (including phenoxy) is 1. The monoisotopic (exact) mass is 325 g/mol. The molecule has 0 radical (unpaired) electrons. The van der Waals surface area contributed by atoms with Crippen LogP contribution in [-0.2, 0) is 19.5 Å². The number of hydrogen-bond donors (Lipinski definition) is 0. The molecule has 122 valence electrons. The van der Waals surface area contributed by atoms with Crippen molar-refractivity contribution in [1.82, 2.24) is 9.13 Å². The van der Waals surface area contributed by atoms with Crippen LogP contribution in [0.1, 0.15) is 28.0 Å². The lowest BCUT2D eigenvalue weighted by atomic mass is 10.1. The van der Waals surface area contributed by atoms with Crippen LogP contribution in [0.5, 0.6) is 5.75 Å². The zero-order valence-electron chi connectivity index (χ0n) is 13.1. The summed E-state index contributed by atoms with van der Waals surface area (Å²) in [7, 11) is 1.52. The minimum Gasteiger partial charge on any atom is -0.497 e. The number of methoxy groups -OCH3 is 1. The molecule has 0 amide bonds. The maximum Gasteiger partial charge on any atom is 0.331 e. The molecule has 0 atom stereocenters. The lowest BCUT2D eigenvalue weighted by Gasteiger charge is -2.10. The number of nitriles is 1. The lowest BCUT2D eigenvalue weighted by molar-refractivity contribution is 0.0968. The van der Waals surface area contributed by atoms with E-state index in [0.717, 1.165) is 4.57 Å². The SMILES string of the molecule is COc1ccc(C(=O)Cn2c(=O)c(C#N)c3n(c2=O)CCC3)cc1. The number of ketones is 1. The molecule has 24 heavy (non-hydrogen) atoms. The number of rotatable bonds is 4. The molecule has 1 aromatic carbocycles. The largest absolute Gasteiger partial charge is 0.497 e. The smallest absolute Gasteiger partial charge is 0.331 e. The molecule has 1 aliphatic rings. The fourth-order valence-electron chi connectivity index (χ4n) is 2.90. The topological polar surface area (TPSA) is 94.1 Å². The van der Waals surface area contributed by atoms with Gasteiger partial charge in [-0.2, -0.15) is 5.26 Å². The molecule has 0 saturated heterocycles. The predicted molar refractivity (Wildman–Crippen MR) is 85.3 cm³/mol. The van der Waals surface area contributed by atoms with Crippen LogP contribution in [0.4, 0.5) is 0 Å². The second-order valence-corrected chi connectivity index (χ2v) is 5.51. The van der Waals surface area contributed by atoms with Gasteiger partial charge in [0, 0.05) is 17.8 Å². The van der Waals surface area contributed by atoms with Gasteiger partial charge in [-0.1, -0.05) is 0 Å². The Morgan fingerprint density at radius 1 is 1.29 bits per heavy atom. The van der Waals surface area contributed by atoms with Crippen LogP contribution < -0.4 is 16.0 Å². The van der Waals surface area contributed by atoms with E-state index in [1.807, 2.05) is 6.07 Å². The van der Waals surface area contributed by atoms with E-state index in [2.05, 4.69) is 0 Å². The van der Waals surface area contributed by atoms with Crippen molar-refractivity contribution >= 4 is 5.78 Å². The van der Waals surface area contributed by atoms with Crippen LogP contribution in [0.3, 0.4) is 0 Å². The van der Waals surface area contributed by atoms with Crippen molar-refractivity contribution in [2.75, 3.05) is 7.11 Å². The molecular formula is C17H15N3O4. The third-order valence-electron chi connectivity index (χ3n) is 4.16. The van der Waals surface area contributed by atoms with Crippen LogP contribution >= 0.6 is 0 Å². The molecule has 0 bridgehead atoms. The number of Topliss-reactive ketones (excluding diaryl/α,β-unsaturated/α-hetero) is 1. The van der Waals surface area contributed by atoms with Gasteiger partial charge in [0.25, 0.3) is 5.56 Å². The van der Waals surface area contributed by atoms with Crippen molar-refractivity contribution in [3.63, 3.8) is 0 Å². The van der Waals surface area contributed by atoms with Crippen molar-refractivity contribution < 1.29 is 9.53 Å². The lowest BCUT2D eigenvalue weighted by Crippen LogP contribution is -2.43. The van der Waals surface area contributed by atoms with Crippen molar-refractivity contribution in [2.45, 2.75) is 25.9 Å². The third kappa shape index (κ3) is 2.52. The zero-order chi connectivity index (χ0) is 17.3. The van der Waals surface area contributed by atoms with Crippen LogP contribution in [-0.4, -0.2) is 22.0 Å². The first-order valence-corrected chi connectivity index (χ1v) is 7.50. The zero-order valence-corrected chi connectivity index (χ0v) is 13.1. The second kappa shape index (κ2) is 6.16. The molecule has 2 heterocycles. The highest BCUT2D eigenvalue weighted by Crippen LogP contribution is 2.14. The average Bonchev–Trinajstić information content (AvgIpc) is 3.08. The van der Waals surface area contributed by atoms with Crippen molar-refractivity contribution in [2.24, 2.45) is 0 Å². The molecule has 0 N–H and O–H groups in total. The number of carbonyl (C=O) groups is 1. The minimum absolute atomic E-state index is 0.0466. The Morgan fingerprint density at radius 2 is 2.00 bits per heavy atom. The molecule has 0 aliphatic carbocycles. The first-order chi connectivity index (χ1) is 11.6. The molecule has 2 aromatic rings. The Labute approximate surface area is 137 Å². The minimum atomic E-state index is -0.697.